The van der Waals surface area contributed by atoms with E-state index in [1.54, 1.807) is 11.3 Å². The molecule has 2 N–H and O–H groups in total. The van der Waals surface area contributed by atoms with Crippen molar-refractivity contribution in [1.82, 2.24) is 4.98 Å². The second-order valence-electron chi connectivity index (χ2n) is 4.32. The summed E-state index contributed by atoms with van der Waals surface area (Å²) in [5.41, 5.74) is 6.88. The highest BCUT2D eigenvalue weighted by molar-refractivity contribution is 7.15. The van der Waals surface area contributed by atoms with Gasteiger partial charge >= 0.3 is 0 Å². The van der Waals surface area contributed by atoms with Gasteiger partial charge in [0, 0.05) is 25.0 Å². The summed E-state index contributed by atoms with van der Waals surface area (Å²) in [5.74, 6) is 0.709. The van der Waals surface area contributed by atoms with Crippen LogP contribution in [0.4, 0.5) is 5.13 Å². The summed E-state index contributed by atoms with van der Waals surface area (Å²) < 4.78 is 0. The van der Waals surface area contributed by atoms with Crippen LogP contribution in [0, 0.1) is 5.92 Å². The number of thiazole rings is 1. The van der Waals surface area contributed by atoms with Crippen molar-refractivity contribution in [3.63, 3.8) is 0 Å². The van der Waals surface area contributed by atoms with Crippen LogP contribution in [0.3, 0.4) is 0 Å². The fourth-order valence-electron chi connectivity index (χ4n) is 1.64. The number of aromatic nitrogens is 1. The molecule has 0 saturated carbocycles. The molecule has 0 spiro atoms. The summed E-state index contributed by atoms with van der Waals surface area (Å²) in [4.78, 5) is 8.13. The van der Waals surface area contributed by atoms with Gasteiger partial charge in [0.15, 0.2) is 5.13 Å². The zero-order valence-corrected chi connectivity index (χ0v) is 11.6. The summed E-state index contributed by atoms with van der Waals surface area (Å²) in [6.45, 7) is 8.31. The Labute approximate surface area is 103 Å². The van der Waals surface area contributed by atoms with Crippen LogP contribution in [0.25, 0.3) is 0 Å². The first kappa shape index (κ1) is 13.5. The molecule has 1 rings (SSSR count). The predicted molar refractivity (Wildman–Crippen MR) is 72.1 cm³/mol. The lowest BCUT2D eigenvalue weighted by atomic mass is 10.1. The van der Waals surface area contributed by atoms with Crippen LogP contribution >= 0.6 is 11.3 Å². The van der Waals surface area contributed by atoms with E-state index in [1.807, 2.05) is 0 Å². The average molecular weight is 241 g/mol. The lowest BCUT2D eigenvalue weighted by Gasteiger charge is -2.19. The van der Waals surface area contributed by atoms with E-state index in [-0.39, 0.29) is 0 Å². The zero-order chi connectivity index (χ0) is 12.1. The van der Waals surface area contributed by atoms with Crippen molar-refractivity contribution < 1.29 is 0 Å². The van der Waals surface area contributed by atoms with Crippen molar-refractivity contribution in [3.05, 3.63) is 10.6 Å². The maximum absolute atomic E-state index is 5.72. The van der Waals surface area contributed by atoms with E-state index in [0.717, 1.165) is 18.1 Å². The van der Waals surface area contributed by atoms with Crippen molar-refractivity contribution >= 4 is 16.5 Å². The molecule has 0 aliphatic carbocycles. The Bertz CT molecular complexity index is 301. The third-order valence-electron chi connectivity index (χ3n) is 2.90. The highest BCUT2D eigenvalue weighted by Gasteiger charge is 2.13. The van der Waals surface area contributed by atoms with Gasteiger partial charge in [0.25, 0.3) is 0 Å². The minimum atomic E-state index is 0.609. The van der Waals surface area contributed by atoms with Gasteiger partial charge in [-0.15, -0.1) is 11.3 Å². The van der Waals surface area contributed by atoms with Crippen LogP contribution in [0.15, 0.2) is 0 Å². The van der Waals surface area contributed by atoms with Crippen LogP contribution in [-0.4, -0.2) is 18.6 Å². The summed E-state index contributed by atoms with van der Waals surface area (Å²) >= 11 is 1.73. The standard InChI is InChI=1S/C12H23N3S/c1-5-9(3)8-15(4)12-14-10(6-2)11(7-13)16-12/h9H,5-8,13H2,1-4H3. The number of hydrogen-bond donors (Lipinski definition) is 1. The van der Waals surface area contributed by atoms with Gasteiger partial charge in [-0.3, -0.25) is 0 Å². The van der Waals surface area contributed by atoms with Crippen molar-refractivity contribution in [2.75, 3.05) is 18.5 Å². The van der Waals surface area contributed by atoms with E-state index in [4.69, 9.17) is 5.73 Å². The molecule has 0 radical (unpaired) electrons. The molecule has 16 heavy (non-hydrogen) atoms. The maximum Gasteiger partial charge on any atom is 0.185 e. The molecule has 1 heterocycles. The Kier molecular flexibility index (Phi) is 5.22. The smallest absolute Gasteiger partial charge is 0.185 e. The maximum atomic E-state index is 5.72. The Balaban J connectivity index is 2.75. The van der Waals surface area contributed by atoms with Gasteiger partial charge in [0.1, 0.15) is 0 Å². The van der Waals surface area contributed by atoms with Crippen LogP contribution in [0.2, 0.25) is 0 Å². The van der Waals surface area contributed by atoms with E-state index in [2.05, 4.69) is 37.7 Å². The fraction of sp³-hybridized carbons (Fsp3) is 0.750. The SMILES string of the molecule is CCc1nc(N(C)CC(C)CC)sc1CN. The summed E-state index contributed by atoms with van der Waals surface area (Å²) in [5, 5.41) is 1.11. The molecule has 0 saturated heterocycles. The first-order valence-corrected chi connectivity index (χ1v) is 6.83. The number of rotatable bonds is 6. The van der Waals surface area contributed by atoms with Crippen LogP contribution in [0.1, 0.15) is 37.8 Å². The monoisotopic (exact) mass is 241 g/mol. The van der Waals surface area contributed by atoms with E-state index in [9.17, 15) is 0 Å². The third kappa shape index (κ3) is 3.19. The molecule has 4 heteroatoms. The molecule has 0 amide bonds. The molecule has 0 aromatic carbocycles. The first-order valence-electron chi connectivity index (χ1n) is 6.02. The van der Waals surface area contributed by atoms with E-state index in [1.165, 1.54) is 17.0 Å². The molecule has 1 atom stereocenters. The average Bonchev–Trinajstić information content (AvgIpc) is 2.71. The van der Waals surface area contributed by atoms with Crippen LogP contribution < -0.4 is 10.6 Å². The number of nitrogens with two attached hydrogens (primary N) is 1. The fourth-order valence-corrected chi connectivity index (χ4v) is 2.64. The predicted octanol–water partition coefficient (Wildman–Crippen LogP) is 2.65. The van der Waals surface area contributed by atoms with Gasteiger partial charge in [0.2, 0.25) is 0 Å². The Hall–Kier alpha value is -0.610. The Morgan fingerprint density at radius 2 is 2.12 bits per heavy atom. The van der Waals surface area contributed by atoms with E-state index < -0.39 is 0 Å². The van der Waals surface area contributed by atoms with E-state index >= 15 is 0 Å². The van der Waals surface area contributed by atoms with Crippen LogP contribution in [0.5, 0.6) is 0 Å². The minimum absolute atomic E-state index is 0.609. The van der Waals surface area contributed by atoms with Gasteiger partial charge in [-0.25, -0.2) is 4.98 Å². The van der Waals surface area contributed by atoms with Gasteiger partial charge in [-0.05, 0) is 12.3 Å². The van der Waals surface area contributed by atoms with Crippen molar-refractivity contribution in [2.45, 2.75) is 40.2 Å². The molecular formula is C12H23N3S. The van der Waals surface area contributed by atoms with Crippen molar-refractivity contribution in [2.24, 2.45) is 11.7 Å². The first-order chi connectivity index (χ1) is 7.62. The summed E-state index contributed by atoms with van der Waals surface area (Å²) in [6.07, 6.45) is 2.18. The van der Waals surface area contributed by atoms with Gasteiger partial charge < -0.3 is 10.6 Å². The van der Waals surface area contributed by atoms with E-state index in [0.29, 0.717) is 12.5 Å². The lowest BCUT2D eigenvalue weighted by Crippen LogP contribution is -2.23. The van der Waals surface area contributed by atoms with Gasteiger partial charge in [0.05, 0.1) is 5.69 Å². The normalized spacial score (nSPS) is 12.8. The molecule has 92 valence electrons. The second kappa shape index (κ2) is 6.21. The Morgan fingerprint density at radius 3 is 2.56 bits per heavy atom. The quantitative estimate of drug-likeness (QED) is 0.832. The summed E-state index contributed by atoms with van der Waals surface area (Å²) in [6, 6.07) is 0. The molecule has 1 aromatic rings. The Morgan fingerprint density at radius 1 is 1.44 bits per heavy atom. The highest BCUT2D eigenvalue weighted by Crippen LogP contribution is 2.26. The van der Waals surface area contributed by atoms with Crippen LogP contribution in [-0.2, 0) is 13.0 Å². The minimum Gasteiger partial charge on any atom is -0.351 e. The van der Waals surface area contributed by atoms with Gasteiger partial charge in [-0.1, -0.05) is 27.2 Å². The lowest BCUT2D eigenvalue weighted by molar-refractivity contribution is 0.559. The summed E-state index contributed by atoms with van der Waals surface area (Å²) in [7, 11) is 2.12. The number of nitrogens with zero attached hydrogens (tertiary/aromatic N) is 2. The second-order valence-corrected chi connectivity index (χ2v) is 5.38. The number of hydrogen-bond acceptors (Lipinski definition) is 4. The van der Waals surface area contributed by atoms with Gasteiger partial charge in [-0.2, -0.15) is 0 Å². The van der Waals surface area contributed by atoms with Crippen molar-refractivity contribution in [3.8, 4) is 0 Å². The zero-order valence-electron chi connectivity index (χ0n) is 10.8. The molecule has 3 nitrogen and oxygen atoms in total. The molecule has 0 fully saturated rings. The molecule has 1 unspecified atom stereocenters. The molecule has 0 aliphatic heterocycles. The van der Waals surface area contributed by atoms with Crippen molar-refractivity contribution in [1.29, 1.82) is 0 Å². The molecular weight excluding hydrogens is 218 g/mol. The highest BCUT2D eigenvalue weighted by atomic mass is 32.1. The molecule has 0 bridgehead atoms. The number of aryl methyl sites for hydroxylation is 1. The molecule has 1 aromatic heterocycles. The molecule has 0 aliphatic rings. The largest absolute Gasteiger partial charge is 0.351 e. The number of anilines is 1. The third-order valence-corrected chi connectivity index (χ3v) is 4.13. The topological polar surface area (TPSA) is 42.2 Å².